The van der Waals surface area contributed by atoms with Crippen LogP contribution >= 0.6 is 0 Å². The van der Waals surface area contributed by atoms with Crippen molar-refractivity contribution in [3.05, 3.63) is 11.7 Å². The zero-order valence-corrected chi connectivity index (χ0v) is 7.05. The van der Waals surface area contributed by atoms with Gasteiger partial charge in [-0.2, -0.15) is 4.98 Å². The molecular weight excluding hydrogens is 168 g/mol. The molecule has 0 spiro atoms. The van der Waals surface area contributed by atoms with Gasteiger partial charge in [0.15, 0.2) is 15.7 Å². The Labute approximate surface area is 64.3 Å². The zero-order valence-electron chi connectivity index (χ0n) is 6.23. The lowest BCUT2D eigenvalue weighted by Gasteiger charge is -1.87. The highest BCUT2D eigenvalue weighted by atomic mass is 32.2. The second kappa shape index (κ2) is 2.61. The minimum atomic E-state index is -3.05. The first kappa shape index (κ1) is 8.19. The molecule has 0 bridgehead atoms. The van der Waals surface area contributed by atoms with Gasteiger partial charge in [-0.3, -0.25) is 0 Å². The summed E-state index contributed by atoms with van der Waals surface area (Å²) in [6, 6.07) is 0. The molecule has 6 heteroatoms. The second-order valence-electron chi connectivity index (χ2n) is 2.30. The van der Waals surface area contributed by atoms with Gasteiger partial charge in [0.25, 0.3) is 0 Å². The van der Waals surface area contributed by atoms with Gasteiger partial charge in [-0.15, -0.1) is 0 Å². The summed E-state index contributed by atoms with van der Waals surface area (Å²) in [4.78, 5) is 3.74. The van der Waals surface area contributed by atoms with E-state index in [1.165, 1.54) is 0 Å². The predicted octanol–water partition coefficient (Wildman–Crippen LogP) is -0.0774. The molecule has 0 aliphatic heterocycles. The number of aryl methyl sites for hydroxylation is 1. The van der Waals surface area contributed by atoms with Crippen LogP contribution in [-0.4, -0.2) is 24.8 Å². The molecule has 1 heterocycles. The van der Waals surface area contributed by atoms with E-state index in [1.807, 2.05) is 0 Å². The fourth-order valence-corrected chi connectivity index (χ4v) is 1.22. The molecule has 0 fully saturated rings. The lowest BCUT2D eigenvalue weighted by atomic mass is 10.7. The summed E-state index contributed by atoms with van der Waals surface area (Å²) in [5.74, 6) is 0.429. The summed E-state index contributed by atoms with van der Waals surface area (Å²) >= 11 is 0. The molecule has 1 rings (SSSR count). The molecule has 0 atom stereocenters. The van der Waals surface area contributed by atoms with Crippen molar-refractivity contribution in [3.63, 3.8) is 0 Å². The first-order valence-electron chi connectivity index (χ1n) is 2.94. The number of hydrogen-bond donors (Lipinski definition) is 0. The van der Waals surface area contributed by atoms with Crippen LogP contribution in [0.1, 0.15) is 11.7 Å². The predicted molar refractivity (Wildman–Crippen MR) is 37.6 cm³/mol. The van der Waals surface area contributed by atoms with E-state index in [0.717, 1.165) is 6.26 Å². The van der Waals surface area contributed by atoms with Gasteiger partial charge in [0.1, 0.15) is 5.75 Å². The molecule has 0 aliphatic rings. The maximum absolute atomic E-state index is 10.7. The Balaban J connectivity index is 2.81. The number of aromatic nitrogens is 2. The first-order valence-corrected chi connectivity index (χ1v) is 5.00. The fraction of sp³-hybridized carbons (Fsp3) is 0.600. The summed E-state index contributed by atoms with van der Waals surface area (Å²) < 4.78 is 26.0. The Hall–Kier alpha value is -0.910. The minimum absolute atomic E-state index is 0.162. The van der Waals surface area contributed by atoms with E-state index in [9.17, 15) is 8.42 Å². The van der Waals surface area contributed by atoms with Crippen molar-refractivity contribution in [2.45, 2.75) is 12.7 Å². The standard InChI is InChI=1S/C5H8N2O3S/c1-4-6-5(7-10-4)3-11(2,8)9/h3H2,1-2H3. The smallest absolute Gasteiger partial charge is 0.223 e. The van der Waals surface area contributed by atoms with Gasteiger partial charge < -0.3 is 4.52 Å². The normalized spacial score (nSPS) is 11.8. The topological polar surface area (TPSA) is 73.1 Å². The molecule has 0 saturated heterocycles. The maximum atomic E-state index is 10.7. The molecule has 11 heavy (non-hydrogen) atoms. The van der Waals surface area contributed by atoms with Crippen molar-refractivity contribution in [1.82, 2.24) is 10.1 Å². The number of rotatable bonds is 2. The molecule has 0 radical (unpaired) electrons. The van der Waals surface area contributed by atoms with E-state index in [4.69, 9.17) is 0 Å². The van der Waals surface area contributed by atoms with Crippen LogP contribution in [0.5, 0.6) is 0 Å². The highest BCUT2D eigenvalue weighted by molar-refractivity contribution is 7.89. The van der Waals surface area contributed by atoms with Crippen molar-refractivity contribution >= 4 is 9.84 Å². The third-order valence-corrected chi connectivity index (χ3v) is 1.74. The molecule has 0 amide bonds. The molecule has 1 aromatic heterocycles. The van der Waals surface area contributed by atoms with Crippen LogP contribution in [0.15, 0.2) is 4.52 Å². The highest BCUT2D eigenvalue weighted by Gasteiger charge is 2.09. The third-order valence-electron chi connectivity index (χ3n) is 0.961. The molecule has 0 saturated carbocycles. The van der Waals surface area contributed by atoms with Crippen LogP contribution in [0.25, 0.3) is 0 Å². The van der Waals surface area contributed by atoms with Gasteiger partial charge >= 0.3 is 0 Å². The van der Waals surface area contributed by atoms with Crippen molar-refractivity contribution in [2.75, 3.05) is 6.26 Å². The molecule has 0 N–H and O–H groups in total. The van der Waals surface area contributed by atoms with E-state index in [2.05, 4.69) is 14.7 Å². The van der Waals surface area contributed by atoms with Gasteiger partial charge in [0.05, 0.1) is 0 Å². The van der Waals surface area contributed by atoms with Gasteiger partial charge in [-0.1, -0.05) is 5.16 Å². The van der Waals surface area contributed by atoms with Crippen LogP contribution in [-0.2, 0) is 15.6 Å². The fourth-order valence-electron chi connectivity index (χ4n) is 0.634. The van der Waals surface area contributed by atoms with Crippen LogP contribution in [0, 0.1) is 6.92 Å². The van der Waals surface area contributed by atoms with Crippen LogP contribution in [0.2, 0.25) is 0 Å². The summed E-state index contributed by atoms with van der Waals surface area (Å²) in [5.41, 5.74) is 0. The van der Waals surface area contributed by atoms with Gasteiger partial charge in [-0.25, -0.2) is 8.42 Å². The lowest BCUT2D eigenvalue weighted by molar-refractivity contribution is 0.389. The Morgan fingerprint density at radius 2 is 2.18 bits per heavy atom. The molecule has 5 nitrogen and oxygen atoms in total. The number of sulfone groups is 1. The molecule has 1 aromatic rings. The average Bonchev–Trinajstić information content (AvgIpc) is 2.10. The van der Waals surface area contributed by atoms with Crippen LogP contribution in [0.3, 0.4) is 0 Å². The first-order chi connectivity index (χ1) is 4.97. The van der Waals surface area contributed by atoms with Crippen molar-refractivity contribution in [3.8, 4) is 0 Å². The third kappa shape index (κ3) is 2.67. The number of nitrogens with zero attached hydrogens (tertiary/aromatic N) is 2. The SMILES string of the molecule is Cc1nc(CS(C)(=O)=O)no1. The van der Waals surface area contributed by atoms with E-state index in [-0.39, 0.29) is 11.6 Å². The Kier molecular flexibility index (Phi) is 1.95. The van der Waals surface area contributed by atoms with E-state index in [1.54, 1.807) is 6.92 Å². The largest absolute Gasteiger partial charge is 0.340 e. The summed E-state index contributed by atoms with van der Waals surface area (Å²) in [6.07, 6.45) is 1.12. The second-order valence-corrected chi connectivity index (χ2v) is 4.44. The van der Waals surface area contributed by atoms with E-state index >= 15 is 0 Å². The minimum Gasteiger partial charge on any atom is -0.340 e. The van der Waals surface area contributed by atoms with Gasteiger partial charge in [0.2, 0.25) is 5.89 Å². The lowest BCUT2D eigenvalue weighted by Crippen LogP contribution is -2.02. The summed E-state index contributed by atoms with van der Waals surface area (Å²) in [6.45, 7) is 1.61. The van der Waals surface area contributed by atoms with E-state index < -0.39 is 9.84 Å². The zero-order chi connectivity index (χ0) is 8.48. The molecule has 0 aliphatic carbocycles. The average molecular weight is 176 g/mol. The Bertz CT molecular complexity index is 340. The monoisotopic (exact) mass is 176 g/mol. The number of hydrogen-bond acceptors (Lipinski definition) is 5. The molecule has 62 valence electrons. The van der Waals surface area contributed by atoms with Crippen molar-refractivity contribution < 1.29 is 12.9 Å². The Morgan fingerprint density at radius 1 is 1.55 bits per heavy atom. The van der Waals surface area contributed by atoms with Crippen molar-refractivity contribution in [1.29, 1.82) is 0 Å². The molecular formula is C5H8N2O3S. The molecule has 0 aromatic carbocycles. The van der Waals surface area contributed by atoms with Gasteiger partial charge in [0, 0.05) is 13.2 Å². The summed E-state index contributed by atoms with van der Waals surface area (Å²) in [5, 5.41) is 3.44. The Morgan fingerprint density at radius 3 is 2.55 bits per heavy atom. The molecule has 0 unspecified atom stereocenters. The quantitative estimate of drug-likeness (QED) is 0.630. The van der Waals surface area contributed by atoms with Crippen molar-refractivity contribution in [2.24, 2.45) is 0 Å². The van der Waals surface area contributed by atoms with E-state index in [0.29, 0.717) is 5.89 Å². The highest BCUT2D eigenvalue weighted by Crippen LogP contribution is 1.99. The maximum Gasteiger partial charge on any atom is 0.223 e. The van der Waals surface area contributed by atoms with Crippen LogP contribution in [0.4, 0.5) is 0 Å². The van der Waals surface area contributed by atoms with Crippen LogP contribution < -0.4 is 0 Å². The van der Waals surface area contributed by atoms with Gasteiger partial charge in [-0.05, 0) is 0 Å². The summed E-state index contributed by atoms with van der Waals surface area (Å²) in [7, 11) is -3.05.